The fourth-order valence-corrected chi connectivity index (χ4v) is 2.12. The molecule has 0 fully saturated rings. The van der Waals surface area contributed by atoms with Crippen molar-refractivity contribution in [3.63, 3.8) is 0 Å². The topological polar surface area (TPSA) is 67.1 Å². The van der Waals surface area contributed by atoms with Crippen LogP contribution in [0.15, 0.2) is 28.3 Å². The molecule has 1 aromatic carbocycles. The van der Waals surface area contributed by atoms with Crippen molar-refractivity contribution in [1.29, 1.82) is 0 Å². The van der Waals surface area contributed by atoms with Crippen LogP contribution in [-0.2, 0) is 0 Å². The predicted octanol–water partition coefficient (Wildman–Crippen LogP) is 2.08. The lowest BCUT2D eigenvalue weighted by Crippen LogP contribution is -2.09. The molecule has 0 bridgehead atoms. The molecule has 1 N–H and O–H groups in total. The summed E-state index contributed by atoms with van der Waals surface area (Å²) in [6.45, 7) is 0. The number of pyridine rings is 1. The molecular formula is C13H11N3O2. The lowest BCUT2D eigenvalue weighted by molar-refractivity contribution is 0.375. The molecular weight excluding hydrogens is 230 g/mol. The van der Waals surface area contributed by atoms with E-state index in [9.17, 15) is 5.11 Å². The van der Waals surface area contributed by atoms with Gasteiger partial charge in [-0.2, -0.15) is 0 Å². The first-order valence-corrected chi connectivity index (χ1v) is 5.46. The third-order valence-corrected chi connectivity index (χ3v) is 2.98. The number of hydrogen-bond acceptors (Lipinski definition) is 5. The van der Waals surface area contributed by atoms with E-state index in [-0.39, 0.29) is 5.75 Å². The molecule has 90 valence electrons. The quantitative estimate of drug-likeness (QED) is 0.831. The number of aromatic hydroxyl groups is 1. The molecule has 3 rings (SSSR count). The van der Waals surface area contributed by atoms with E-state index in [1.165, 1.54) is 7.11 Å². The Kier molecular flexibility index (Phi) is 2.26. The highest BCUT2D eigenvalue weighted by atomic mass is 16.5. The highest BCUT2D eigenvalue weighted by Gasteiger charge is 2.21. The second-order valence-corrected chi connectivity index (χ2v) is 3.90. The summed E-state index contributed by atoms with van der Waals surface area (Å²) in [5.74, 6) is 0.439. The molecule has 0 unspecified atom stereocenters. The van der Waals surface area contributed by atoms with Crippen LogP contribution in [0.5, 0.6) is 11.5 Å². The molecule has 1 aliphatic heterocycles. The first-order valence-electron chi connectivity index (χ1n) is 5.46. The van der Waals surface area contributed by atoms with Crippen LogP contribution in [-0.4, -0.2) is 36.2 Å². The maximum atomic E-state index is 10.1. The van der Waals surface area contributed by atoms with Crippen molar-refractivity contribution in [2.75, 3.05) is 14.2 Å². The minimum atomic E-state index is 0.0330. The van der Waals surface area contributed by atoms with Gasteiger partial charge < -0.3 is 9.84 Å². The molecule has 2 aromatic rings. The number of aromatic nitrogens is 1. The summed E-state index contributed by atoms with van der Waals surface area (Å²) in [4.78, 5) is 12.7. The summed E-state index contributed by atoms with van der Waals surface area (Å²) in [6.07, 6.45) is 3.31. The number of hydrogen-bond donors (Lipinski definition) is 1. The monoisotopic (exact) mass is 241 g/mol. The Bertz CT molecular complexity index is 705. The molecule has 0 spiro atoms. The molecule has 0 aliphatic carbocycles. The van der Waals surface area contributed by atoms with E-state index in [2.05, 4.69) is 15.0 Å². The summed E-state index contributed by atoms with van der Waals surface area (Å²) in [5, 5.41) is 11.8. The zero-order valence-corrected chi connectivity index (χ0v) is 10.0. The Balaban J connectivity index is 2.49. The van der Waals surface area contributed by atoms with Crippen LogP contribution in [0, 0.1) is 0 Å². The molecule has 0 atom stereocenters. The molecule has 2 heterocycles. The van der Waals surface area contributed by atoms with E-state index in [0.717, 1.165) is 16.5 Å². The summed E-state index contributed by atoms with van der Waals surface area (Å²) in [5.41, 5.74) is 1.93. The summed E-state index contributed by atoms with van der Waals surface area (Å²) >= 11 is 0. The minimum Gasteiger partial charge on any atom is -0.503 e. The summed E-state index contributed by atoms with van der Waals surface area (Å²) in [7, 11) is 3.21. The molecule has 1 aromatic heterocycles. The van der Waals surface area contributed by atoms with Crippen molar-refractivity contribution < 1.29 is 9.84 Å². The van der Waals surface area contributed by atoms with Crippen LogP contribution in [0.4, 0.5) is 5.69 Å². The minimum absolute atomic E-state index is 0.0330. The van der Waals surface area contributed by atoms with Crippen LogP contribution in [0.2, 0.25) is 0 Å². The fraction of sp³-hybridized carbons (Fsp3) is 0.154. The third kappa shape index (κ3) is 1.30. The Hall–Kier alpha value is -2.43. The third-order valence-electron chi connectivity index (χ3n) is 2.98. The van der Waals surface area contributed by atoms with Gasteiger partial charge in [-0.25, -0.2) is 4.99 Å². The molecule has 5 nitrogen and oxygen atoms in total. The highest BCUT2D eigenvalue weighted by Crippen LogP contribution is 2.44. The first kappa shape index (κ1) is 10.7. The van der Waals surface area contributed by atoms with Gasteiger partial charge in [-0.15, -0.1) is 0 Å². The van der Waals surface area contributed by atoms with Gasteiger partial charge in [0.25, 0.3) is 0 Å². The predicted molar refractivity (Wildman–Crippen MR) is 70.6 cm³/mol. The van der Waals surface area contributed by atoms with E-state index in [4.69, 9.17) is 4.74 Å². The average molecular weight is 241 g/mol. The van der Waals surface area contributed by atoms with Crippen molar-refractivity contribution in [2.45, 2.75) is 0 Å². The number of methoxy groups -OCH3 is 1. The van der Waals surface area contributed by atoms with E-state index in [0.29, 0.717) is 17.1 Å². The van der Waals surface area contributed by atoms with Gasteiger partial charge in [0, 0.05) is 18.6 Å². The number of benzene rings is 1. The van der Waals surface area contributed by atoms with E-state index in [1.54, 1.807) is 25.5 Å². The van der Waals surface area contributed by atoms with Gasteiger partial charge in [0.15, 0.2) is 11.5 Å². The van der Waals surface area contributed by atoms with Crippen molar-refractivity contribution in [2.24, 2.45) is 9.98 Å². The Morgan fingerprint density at radius 3 is 2.94 bits per heavy atom. The number of phenolic OH excluding ortho intramolecular Hbond substituents is 1. The molecule has 0 saturated heterocycles. The zero-order chi connectivity index (χ0) is 12.7. The molecule has 5 heteroatoms. The smallest absolute Gasteiger partial charge is 0.184 e. The van der Waals surface area contributed by atoms with Gasteiger partial charge in [0.1, 0.15) is 11.4 Å². The van der Waals surface area contributed by atoms with Gasteiger partial charge in [0.05, 0.1) is 19.0 Å². The number of rotatable bonds is 1. The lowest BCUT2D eigenvalue weighted by Gasteiger charge is -2.15. The highest BCUT2D eigenvalue weighted by molar-refractivity contribution is 6.43. The number of phenols is 1. The molecule has 18 heavy (non-hydrogen) atoms. The van der Waals surface area contributed by atoms with Gasteiger partial charge in [-0.3, -0.25) is 9.98 Å². The Morgan fingerprint density at radius 2 is 2.22 bits per heavy atom. The largest absolute Gasteiger partial charge is 0.503 e. The van der Waals surface area contributed by atoms with Crippen LogP contribution in [0.25, 0.3) is 10.8 Å². The second kappa shape index (κ2) is 3.80. The number of ether oxygens (including phenoxy) is 1. The van der Waals surface area contributed by atoms with E-state index < -0.39 is 0 Å². The fourth-order valence-electron chi connectivity index (χ4n) is 2.12. The molecule has 0 saturated carbocycles. The Labute approximate surface area is 103 Å². The SMILES string of the molecule is CN=C1C=Nc2c(O)c(OC)cc3ccnc1c23. The Morgan fingerprint density at radius 1 is 1.39 bits per heavy atom. The lowest BCUT2D eigenvalue weighted by atomic mass is 10.0. The molecule has 0 radical (unpaired) electrons. The van der Waals surface area contributed by atoms with E-state index >= 15 is 0 Å². The first-order chi connectivity index (χ1) is 8.76. The maximum absolute atomic E-state index is 10.1. The zero-order valence-electron chi connectivity index (χ0n) is 10.0. The van der Waals surface area contributed by atoms with E-state index in [1.807, 2.05) is 6.07 Å². The van der Waals surface area contributed by atoms with Gasteiger partial charge >= 0.3 is 0 Å². The van der Waals surface area contributed by atoms with Crippen molar-refractivity contribution in [1.82, 2.24) is 4.98 Å². The second-order valence-electron chi connectivity index (χ2n) is 3.90. The normalized spacial score (nSPS) is 15.3. The number of aliphatic imine (C=N–C) groups is 2. The van der Waals surface area contributed by atoms with Crippen LogP contribution < -0.4 is 4.74 Å². The average Bonchev–Trinajstić information content (AvgIpc) is 2.42. The van der Waals surface area contributed by atoms with Crippen LogP contribution in [0.1, 0.15) is 5.69 Å². The van der Waals surface area contributed by atoms with Crippen molar-refractivity contribution in [3.05, 3.63) is 24.0 Å². The van der Waals surface area contributed by atoms with Gasteiger partial charge in [-0.1, -0.05) is 0 Å². The molecule has 1 aliphatic rings. The van der Waals surface area contributed by atoms with Crippen LogP contribution in [0.3, 0.4) is 0 Å². The van der Waals surface area contributed by atoms with Gasteiger partial charge in [-0.05, 0) is 17.5 Å². The van der Waals surface area contributed by atoms with Crippen molar-refractivity contribution in [3.8, 4) is 11.5 Å². The summed E-state index contributed by atoms with van der Waals surface area (Å²) in [6, 6.07) is 3.63. The summed E-state index contributed by atoms with van der Waals surface area (Å²) < 4.78 is 5.14. The maximum Gasteiger partial charge on any atom is 0.184 e. The van der Waals surface area contributed by atoms with Gasteiger partial charge in [0.2, 0.25) is 0 Å². The van der Waals surface area contributed by atoms with Crippen LogP contribution >= 0.6 is 0 Å². The van der Waals surface area contributed by atoms with Crippen molar-refractivity contribution >= 4 is 28.4 Å². The standard InChI is InChI=1S/C13H11N3O2/c1-14-8-6-16-12-10-7(3-4-15-11(8)10)5-9(18-2)13(12)17/h3-6,17H,1-2H3. The molecule has 0 amide bonds. The number of nitrogens with zero attached hydrogens (tertiary/aromatic N) is 3.